The molecule has 0 radical (unpaired) electrons. The van der Waals surface area contributed by atoms with Crippen molar-refractivity contribution in [1.82, 2.24) is 5.32 Å². The fourth-order valence-corrected chi connectivity index (χ4v) is 2.17. The Morgan fingerprint density at radius 3 is 2.44 bits per heavy atom. The summed E-state index contributed by atoms with van der Waals surface area (Å²) >= 11 is 0. The second-order valence-corrected chi connectivity index (χ2v) is 6.14. The molecular weight excluding hydrogens is 246 g/mol. The molecule has 0 saturated carbocycles. The minimum atomic E-state index is -0.221. The average molecular weight is 270 g/mol. The Balaban J connectivity index is 0.00000162. The Hall–Kier alpha value is -0.570. The van der Waals surface area contributed by atoms with Gasteiger partial charge in [-0.05, 0) is 25.0 Å². The van der Waals surface area contributed by atoms with Crippen molar-refractivity contribution in [2.45, 2.75) is 39.8 Å². The van der Waals surface area contributed by atoms with Crippen LogP contribution < -0.4 is 5.32 Å². The molecule has 2 nitrogen and oxygen atoms in total. The molecule has 1 aliphatic rings. The lowest BCUT2D eigenvalue weighted by Gasteiger charge is -2.42. The minimum Gasteiger partial charge on any atom is -0.360 e. The van der Waals surface area contributed by atoms with Crippen LogP contribution in [0, 0.1) is 12.3 Å². The lowest BCUT2D eigenvalue weighted by Crippen LogP contribution is -2.57. The van der Waals surface area contributed by atoms with Crippen molar-refractivity contribution in [3.8, 4) is 0 Å². The molecule has 1 fully saturated rings. The molecule has 1 aromatic carbocycles. The van der Waals surface area contributed by atoms with Crippen LogP contribution in [0.4, 0.5) is 0 Å². The maximum atomic E-state index is 6.03. The first kappa shape index (κ1) is 15.5. The molecule has 0 aromatic heterocycles. The summed E-state index contributed by atoms with van der Waals surface area (Å²) in [6.45, 7) is 10.6. The van der Waals surface area contributed by atoms with E-state index in [1.165, 1.54) is 11.1 Å². The molecule has 1 saturated heterocycles. The second-order valence-electron chi connectivity index (χ2n) is 6.14. The highest BCUT2D eigenvalue weighted by Gasteiger charge is 2.35. The number of rotatable bonds is 2. The van der Waals surface area contributed by atoms with Crippen LogP contribution in [-0.4, -0.2) is 18.9 Å². The lowest BCUT2D eigenvalue weighted by atomic mass is 9.90. The quantitative estimate of drug-likeness (QED) is 0.889. The van der Waals surface area contributed by atoms with E-state index in [0.29, 0.717) is 0 Å². The van der Waals surface area contributed by atoms with Crippen molar-refractivity contribution < 1.29 is 4.74 Å². The van der Waals surface area contributed by atoms with Crippen LogP contribution in [0.15, 0.2) is 24.3 Å². The van der Waals surface area contributed by atoms with Crippen LogP contribution in [0.1, 0.15) is 31.9 Å². The monoisotopic (exact) mass is 269 g/mol. The van der Waals surface area contributed by atoms with Crippen molar-refractivity contribution in [3.63, 3.8) is 0 Å². The summed E-state index contributed by atoms with van der Waals surface area (Å²) in [4.78, 5) is 0. The second kappa shape index (κ2) is 5.60. The van der Waals surface area contributed by atoms with Crippen LogP contribution in [0.3, 0.4) is 0 Å². The van der Waals surface area contributed by atoms with Gasteiger partial charge in [-0.15, -0.1) is 12.4 Å². The SMILES string of the molecule is Cc1ccccc1CC1(C)NCC(C)(C)CO1.Cl. The number of benzene rings is 1. The van der Waals surface area contributed by atoms with E-state index in [-0.39, 0.29) is 23.5 Å². The third-order valence-corrected chi connectivity index (χ3v) is 3.51. The number of hydrogen-bond acceptors (Lipinski definition) is 2. The summed E-state index contributed by atoms with van der Waals surface area (Å²) < 4.78 is 6.03. The number of halogens is 1. The van der Waals surface area contributed by atoms with Gasteiger partial charge in [0.25, 0.3) is 0 Å². The molecule has 1 atom stereocenters. The zero-order valence-electron chi connectivity index (χ0n) is 11.7. The van der Waals surface area contributed by atoms with Crippen LogP contribution in [0.25, 0.3) is 0 Å². The molecule has 0 bridgehead atoms. The minimum absolute atomic E-state index is 0. The summed E-state index contributed by atoms with van der Waals surface area (Å²) in [6, 6.07) is 8.52. The van der Waals surface area contributed by atoms with E-state index < -0.39 is 0 Å². The van der Waals surface area contributed by atoms with Gasteiger partial charge in [0, 0.05) is 18.4 Å². The van der Waals surface area contributed by atoms with E-state index >= 15 is 0 Å². The Morgan fingerprint density at radius 1 is 1.22 bits per heavy atom. The Labute approximate surface area is 117 Å². The topological polar surface area (TPSA) is 21.3 Å². The highest BCUT2D eigenvalue weighted by molar-refractivity contribution is 5.85. The van der Waals surface area contributed by atoms with Crippen LogP contribution >= 0.6 is 12.4 Å². The summed E-state index contributed by atoms with van der Waals surface area (Å²) in [5, 5.41) is 3.54. The first-order valence-corrected chi connectivity index (χ1v) is 6.34. The van der Waals surface area contributed by atoms with Crippen molar-refractivity contribution in [2.75, 3.05) is 13.2 Å². The van der Waals surface area contributed by atoms with Crippen LogP contribution in [0.2, 0.25) is 0 Å². The number of aryl methyl sites for hydroxylation is 1. The van der Waals surface area contributed by atoms with Crippen molar-refractivity contribution in [2.24, 2.45) is 5.41 Å². The summed E-state index contributed by atoms with van der Waals surface area (Å²) in [5.41, 5.74) is 2.72. The Bertz CT molecular complexity index is 393. The lowest BCUT2D eigenvalue weighted by molar-refractivity contribution is -0.125. The van der Waals surface area contributed by atoms with Gasteiger partial charge in [0.05, 0.1) is 6.61 Å². The van der Waals surface area contributed by atoms with Crippen molar-refractivity contribution >= 4 is 12.4 Å². The number of nitrogens with one attached hydrogen (secondary N) is 1. The molecule has 0 spiro atoms. The zero-order chi connectivity index (χ0) is 12.5. The van der Waals surface area contributed by atoms with Gasteiger partial charge in [-0.25, -0.2) is 0 Å². The normalized spacial score (nSPS) is 26.4. The van der Waals surface area contributed by atoms with E-state index in [2.05, 4.69) is 57.3 Å². The molecule has 0 aliphatic carbocycles. The maximum Gasteiger partial charge on any atom is 0.120 e. The molecule has 0 amide bonds. The van der Waals surface area contributed by atoms with E-state index in [9.17, 15) is 0 Å². The fourth-order valence-electron chi connectivity index (χ4n) is 2.17. The summed E-state index contributed by atoms with van der Waals surface area (Å²) in [7, 11) is 0. The van der Waals surface area contributed by atoms with Crippen molar-refractivity contribution in [3.05, 3.63) is 35.4 Å². The Morgan fingerprint density at radius 2 is 1.89 bits per heavy atom. The molecule has 1 unspecified atom stereocenters. The van der Waals surface area contributed by atoms with Gasteiger partial charge in [-0.1, -0.05) is 38.1 Å². The third kappa shape index (κ3) is 3.71. The predicted molar refractivity (Wildman–Crippen MR) is 78.3 cm³/mol. The first-order valence-electron chi connectivity index (χ1n) is 6.34. The maximum absolute atomic E-state index is 6.03. The van der Waals surface area contributed by atoms with Gasteiger partial charge in [-0.3, -0.25) is 5.32 Å². The molecule has 1 aliphatic heterocycles. The van der Waals surface area contributed by atoms with E-state index in [1.807, 2.05) is 0 Å². The Kier molecular flexibility index (Phi) is 4.82. The van der Waals surface area contributed by atoms with Crippen LogP contribution in [-0.2, 0) is 11.2 Å². The van der Waals surface area contributed by atoms with Crippen molar-refractivity contribution in [1.29, 1.82) is 0 Å². The third-order valence-electron chi connectivity index (χ3n) is 3.51. The fraction of sp³-hybridized carbons (Fsp3) is 0.600. The molecule has 2 rings (SSSR count). The summed E-state index contributed by atoms with van der Waals surface area (Å²) in [6.07, 6.45) is 0.926. The smallest absolute Gasteiger partial charge is 0.120 e. The standard InChI is InChI=1S/C15H23NO.ClH/c1-12-7-5-6-8-13(12)9-15(4)16-10-14(2,3)11-17-15;/h5-8,16H,9-11H2,1-4H3;1H. The summed E-state index contributed by atoms with van der Waals surface area (Å²) in [5.74, 6) is 0. The highest BCUT2D eigenvalue weighted by Crippen LogP contribution is 2.27. The molecule has 1 heterocycles. The molecule has 1 aromatic rings. The molecule has 102 valence electrons. The highest BCUT2D eigenvalue weighted by atomic mass is 35.5. The van der Waals surface area contributed by atoms with Gasteiger partial charge in [0.1, 0.15) is 5.72 Å². The molecular formula is C15H24ClNO. The van der Waals surface area contributed by atoms with Gasteiger partial charge < -0.3 is 4.74 Å². The van der Waals surface area contributed by atoms with E-state index in [4.69, 9.17) is 4.74 Å². The number of ether oxygens (including phenoxy) is 1. The number of hydrogen-bond donors (Lipinski definition) is 1. The first-order chi connectivity index (χ1) is 7.90. The van der Waals surface area contributed by atoms with Gasteiger partial charge in [0.2, 0.25) is 0 Å². The van der Waals surface area contributed by atoms with Gasteiger partial charge in [0.15, 0.2) is 0 Å². The van der Waals surface area contributed by atoms with E-state index in [0.717, 1.165) is 19.6 Å². The zero-order valence-corrected chi connectivity index (χ0v) is 12.6. The molecule has 1 N–H and O–H groups in total. The predicted octanol–water partition coefficient (Wildman–Crippen LogP) is 3.32. The van der Waals surface area contributed by atoms with Gasteiger partial charge >= 0.3 is 0 Å². The van der Waals surface area contributed by atoms with Crippen LogP contribution in [0.5, 0.6) is 0 Å². The average Bonchev–Trinajstić information content (AvgIpc) is 2.27. The van der Waals surface area contributed by atoms with Gasteiger partial charge in [-0.2, -0.15) is 0 Å². The largest absolute Gasteiger partial charge is 0.360 e. The molecule has 3 heteroatoms. The van der Waals surface area contributed by atoms with E-state index in [1.54, 1.807) is 0 Å². The molecule has 18 heavy (non-hydrogen) atoms.